The molecule has 1 aromatic heterocycles. The molecule has 0 saturated carbocycles. The molecule has 0 bridgehead atoms. The Bertz CT molecular complexity index is 1200. The Balaban J connectivity index is 1.87. The van der Waals surface area contributed by atoms with Gasteiger partial charge in [0.25, 0.3) is 5.91 Å². The van der Waals surface area contributed by atoms with Gasteiger partial charge in [-0.05, 0) is 35.9 Å². The van der Waals surface area contributed by atoms with Gasteiger partial charge in [0.05, 0.1) is 11.4 Å². The highest BCUT2D eigenvalue weighted by Gasteiger charge is 2.34. The molecule has 0 fully saturated rings. The van der Waals surface area contributed by atoms with Crippen LogP contribution in [0.3, 0.4) is 0 Å². The van der Waals surface area contributed by atoms with Gasteiger partial charge in [-0.3, -0.25) is 9.59 Å². The summed E-state index contributed by atoms with van der Waals surface area (Å²) in [6, 6.07) is 13.9. The van der Waals surface area contributed by atoms with Crippen LogP contribution in [0.1, 0.15) is 34.0 Å². The lowest BCUT2D eigenvalue weighted by atomic mass is 9.88. The third-order valence-electron chi connectivity index (χ3n) is 4.99. The Morgan fingerprint density at radius 2 is 2.00 bits per heavy atom. The second-order valence-electron chi connectivity index (χ2n) is 7.09. The van der Waals surface area contributed by atoms with Crippen LogP contribution in [0, 0.1) is 0 Å². The number of fused-ring (bicyclic) bond motifs is 1. The van der Waals surface area contributed by atoms with E-state index in [1.807, 2.05) is 6.07 Å². The van der Waals surface area contributed by atoms with Gasteiger partial charge in [-0.25, -0.2) is 4.79 Å². The average Bonchev–Trinajstić information content (AvgIpc) is 3.11. The van der Waals surface area contributed by atoms with Gasteiger partial charge in [-0.2, -0.15) is 0 Å². The first kappa shape index (κ1) is 20.5. The van der Waals surface area contributed by atoms with Gasteiger partial charge in [0.2, 0.25) is 5.91 Å². The zero-order valence-electron chi connectivity index (χ0n) is 16.2. The lowest BCUT2D eigenvalue weighted by Crippen LogP contribution is -2.25. The van der Waals surface area contributed by atoms with Crippen LogP contribution in [-0.2, 0) is 9.59 Å². The monoisotopic (exact) mass is 439 g/mol. The fourth-order valence-electron chi connectivity index (χ4n) is 3.72. The van der Waals surface area contributed by atoms with Crippen molar-refractivity contribution < 1.29 is 24.2 Å². The van der Waals surface area contributed by atoms with E-state index in [4.69, 9.17) is 22.1 Å². The summed E-state index contributed by atoms with van der Waals surface area (Å²) in [6.07, 6.45) is 1.58. The highest BCUT2D eigenvalue weighted by atomic mass is 35.5. The number of nitrogens with one attached hydrogen (secondary N) is 1. The quantitative estimate of drug-likeness (QED) is 0.544. The lowest BCUT2D eigenvalue weighted by Gasteiger charge is -2.26. The summed E-state index contributed by atoms with van der Waals surface area (Å²) in [6.45, 7) is -0.276. The molecule has 2 heterocycles. The van der Waals surface area contributed by atoms with Crippen molar-refractivity contribution in [3.8, 4) is 11.4 Å². The number of halogens is 1. The summed E-state index contributed by atoms with van der Waals surface area (Å²) in [5.74, 6) is -2.09. The van der Waals surface area contributed by atoms with E-state index < -0.39 is 17.8 Å². The molecule has 4 N–H and O–H groups in total. The molecule has 0 saturated heterocycles. The third kappa shape index (κ3) is 4.10. The molecule has 8 nitrogen and oxygen atoms in total. The van der Waals surface area contributed by atoms with E-state index in [0.717, 1.165) is 5.56 Å². The van der Waals surface area contributed by atoms with Crippen LogP contribution in [0.15, 0.2) is 54.7 Å². The maximum atomic E-state index is 12.5. The number of nitrogens with two attached hydrogens (primary N) is 1. The number of carbonyl (C=O) groups is 3. The van der Waals surface area contributed by atoms with E-state index in [1.165, 1.54) is 6.20 Å². The molecule has 1 aliphatic rings. The van der Waals surface area contributed by atoms with Gasteiger partial charge in [-0.15, -0.1) is 0 Å². The number of aromatic nitrogens is 1. The Morgan fingerprint density at radius 1 is 1.23 bits per heavy atom. The van der Waals surface area contributed by atoms with Crippen molar-refractivity contribution in [3.63, 3.8) is 0 Å². The van der Waals surface area contributed by atoms with Crippen LogP contribution in [0.25, 0.3) is 5.69 Å². The molecule has 2 aromatic carbocycles. The van der Waals surface area contributed by atoms with Gasteiger partial charge < -0.3 is 25.5 Å². The number of carboxylic acids is 1. The predicted molar refractivity (Wildman–Crippen MR) is 114 cm³/mol. The number of anilines is 1. The van der Waals surface area contributed by atoms with E-state index in [-0.39, 0.29) is 30.2 Å². The van der Waals surface area contributed by atoms with Crippen molar-refractivity contribution in [1.82, 2.24) is 4.57 Å². The van der Waals surface area contributed by atoms with Crippen LogP contribution < -0.4 is 15.8 Å². The van der Waals surface area contributed by atoms with E-state index in [9.17, 15) is 19.5 Å². The van der Waals surface area contributed by atoms with E-state index in [1.54, 1.807) is 47.0 Å². The molecule has 9 heteroatoms. The molecule has 0 radical (unpaired) electrons. The molecular formula is C22H18ClN3O5. The van der Waals surface area contributed by atoms with Crippen LogP contribution >= 0.6 is 11.6 Å². The van der Waals surface area contributed by atoms with Crippen molar-refractivity contribution in [2.24, 2.45) is 5.73 Å². The third-order valence-corrected chi connectivity index (χ3v) is 5.22. The zero-order valence-corrected chi connectivity index (χ0v) is 16.9. The zero-order chi connectivity index (χ0) is 22.1. The highest BCUT2D eigenvalue weighted by molar-refractivity contribution is 6.30. The maximum absolute atomic E-state index is 12.5. The Kier molecular flexibility index (Phi) is 5.39. The summed E-state index contributed by atoms with van der Waals surface area (Å²) in [4.78, 5) is 35.4. The Hall–Kier alpha value is -3.78. The van der Waals surface area contributed by atoms with Gasteiger partial charge in [0.15, 0.2) is 6.61 Å². The Labute approximate surface area is 182 Å². The first-order valence-corrected chi connectivity index (χ1v) is 9.76. The van der Waals surface area contributed by atoms with Gasteiger partial charge in [-0.1, -0.05) is 29.8 Å². The number of benzene rings is 2. The highest BCUT2D eigenvalue weighted by Crippen LogP contribution is 2.42. The van der Waals surface area contributed by atoms with Gasteiger partial charge in [0.1, 0.15) is 11.3 Å². The maximum Gasteiger partial charge on any atom is 0.339 e. The molecule has 3 aromatic rings. The number of primary amides is 1. The molecule has 31 heavy (non-hydrogen) atoms. The SMILES string of the molecule is NC(=O)COc1cccc(C2CC(=O)Nc3c(C(=O)O)cn(-c4cccc(Cl)c4)c32)c1. The minimum Gasteiger partial charge on any atom is -0.484 e. The first-order valence-electron chi connectivity index (χ1n) is 9.39. The molecule has 4 rings (SSSR count). The first-order chi connectivity index (χ1) is 14.8. The minimum atomic E-state index is -1.16. The largest absolute Gasteiger partial charge is 0.484 e. The van der Waals surface area contributed by atoms with Crippen LogP contribution in [0.5, 0.6) is 5.75 Å². The second-order valence-corrected chi connectivity index (χ2v) is 7.53. The second kappa shape index (κ2) is 8.16. The minimum absolute atomic E-state index is 0.0193. The number of hydrogen-bond acceptors (Lipinski definition) is 4. The number of ether oxygens (including phenoxy) is 1. The smallest absolute Gasteiger partial charge is 0.339 e. The predicted octanol–water partition coefficient (Wildman–Crippen LogP) is 3.17. The average molecular weight is 440 g/mol. The van der Waals surface area contributed by atoms with Gasteiger partial charge >= 0.3 is 5.97 Å². The van der Waals surface area contributed by atoms with Crippen molar-refractivity contribution in [2.75, 3.05) is 11.9 Å². The topological polar surface area (TPSA) is 124 Å². The summed E-state index contributed by atoms with van der Waals surface area (Å²) < 4.78 is 7.12. The van der Waals surface area contributed by atoms with Crippen molar-refractivity contribution in [1.29, 1.82) is 0 Å². The van der Waals surface area contributed by atoms with E-state index >= 15 is 0 Å². The van der Waals surface area contributed by atoms with E-state index in [2.05, 4.69) is 5.32 Å². The number of carboxylic acid groups (broad SMARTS) is 1. The number of aromatic carboxylic acids is 1. The van der Waals surface area contributed by atoms with Crippen LogP contribution in [-0.4, -0.2) is 34.1 Å². The number of rotatable bonds is 6. The molecule has 0 aliphatic carbocycles. The molecule has 1 unspecified atom stereocenters. The summed E-state index contributed by atoms with van der Waals surface area (Å²) in [5.41, 5.74) is 7.39. The molecule has 1 aliphatic heterocycles. The standard InChI is InChI=1S/C22H18ClN3O5/c23-13-4-2-5-14(8-13)26-10-17(22(29)30)20-21(26)16(9-19(28)25-20)12-3-1-6-15(7-12)31-11-18(24)27/h1-8,10,16H,9,11H2,(H2,24,27)(H,25,28)(H,29,30). The number of amides is 2. The summed E-state index contributed by atoms with van der Waals surface area (Å²) in [7, 11) is 0. The number of nitrogens with zero attached hydrogens (tertiary/aromatic N) is 1. The van der Waals surface area contributed by atoms with Crippen LogP contribution in [0.2, 0.25) is 5.02 Å². The van der Waals surface area contributed by atoms with Crippen LogP contribution in [0.4, 0.5) is 5.69 Å². The lowest BCUT2D eigenvalue weighted by molar-refractivity contribution is -0.120. The molecule has 2 amide bonds. The molecule has 158 valence electrons. The molecule has 1 atom stereocenters. The summed E-state index contributed by atoms with van der Waals surface area (Å²) in [5, 5.41) is 12.9. The Morgan fingerprint density at radius 3 is 2.71 bits per heavy atom. The fourth-order valence-corrected chi connectivity index (χ4v) is 3.91. The summed E-state index contributed by atoms with van der Waals surface area (Å²) >= 11 is 6.15. The fraction of sp³-hybridized carbons (Fsp3) is 0.136. The van der Waals surface area contributed by atoms with Crippen molar-refractivity contribution in [2.45, 2.75) is 12.3 Å². The molecular weight excluding hydrogens is 422 g/mol. The molecule has 0 spiro atoms. The van der Waals surface area contributed by atoms with Gasteiger partial charge in [0, 0.05) is 29.2 Å². The number of hydrogen-bond donors (Lipinski definition) is 3. The normalized spacial score (nSPS) is 15.1. The van der Waals surface area contributed by atoms with E-state index in [0.29, 0.717) is 22.2 Å². The van der Waals surface area contributed by atoms with Crippen molar-refractivity contribution in [3.05, 3.63) is 76.6 Å². The number of carbonyl (C=O) groups excluding carboxylic acids is 2. The van der Waals surface area contributed by atoms with Crippen molar-refractivity contribution >= 4 is 35.1 Å².